The third kappa shape index (κ3) is 4.01. The van der Waals surface area contributed by atoms with Gasteiger partial charge in [0.1, 0.15) is 0 Å². The predicted molar refractivity (Wildman–Crippen MR) is 87.4 cm³/mol. The largest absolute Gasteiger partial charge is 0.341 e. The van der Waals surface area contributed by atoms with E-state index in [9.17, 15) is 0 Å². The third-order valence-electron chi connectivity index (χ3n) is 3.04. The molecule has 0 bridgehead atoms. The Morgan fingerprint density at radius 2 is 1.76 bits per heavy atom. The van der Waals surface area contributed by atoms with E-state index in [1.165, 1.54) is 0 Å². The van der Waals surface area contributed by atoms with Crippen LogP contribution in [0.15, 0.2) is 5.38 Å². The zero-order valence-electron chi connectivity index (χ0n) is 12.7. The maximum Gasteiger partial charge on any atom is 0.231 e. The van der Waals surface area contributed by atoms with E-state index in [1.54, 1.807) is 11.3 Å². The van der Waals surface area contributed by atoms with Crippen LogP contribution in [-0.4, -0.2) is 40.1 Å². The number of hydrogen-bond acceptors (Lipinski definition) is 7. The number of rotatable bonds is 6. The van der Waals surface area contributed by atoms with Gasteiger partial charge in [-0.1, -0.05) is 0 Å². The highest BCUT2D eigenvalue weighted by Gasteiger charge is 2.14. The minimum absolute atomic E-state index is 0.211. The monoisotopic (exact) mass is 326 g/mol. The molecule has 2 aromatic heterocycles. The van der Waals surface area contributed by atoms with E-state index >= 15 is 0 Å². The molecule has 0 saturated heterocycles. The molecule has 0 unspecified atom stereocenters. The van der Waals surface area contributed by atoms with Crippen molar-refractivity contribution in [3.8, 4) is 0 Å². The Hall–Kier alpha value is -1.47. The molecule has 0 aliphatic carbocycles. The van der Waals surface area contributed by atoms with Crippen LogP contribution in [-0.2, 0) is 6.54 Å². The summed E-state index contributed by atoms with van der Waals surface area (Å²) in [6.45, 7) is 8.40. The van der Waals surface area contributed by atoms with E-state index in [0.717, 1.165) is 23.8 Å². The minimum Gasteiger partial charge on any atom is -0.341 e. The van der Waals surface area contributed by atoms with Crippen LogP contribution < -0.4 is 9.80 Å². The van der Waals surface area contributed by atoms with E-state index in [-0.39, 0.29) is 5.28 Å². The van der Waals surface area contributed by atoms with Crippen molar-refractivity contribution in [3.63, 3.8) is 0 Å². The Labute approximate surface area is 133 Å². The van der Waals surface area contributed by atoms with Crippen LogP contribution in [0.1, 0.15) is 24.5 Å². The highest BCUT2D eigenvalue weighted by atomic mass is 35.5. The molecule has 2 rings (SSSR count). The first-order valence-corrected chi connectivity index (χ1v) is 8.07. The van der Waals surface area contributed by atoms with Crippen molar-refractivity contribution < 1.29 is 0 Å². The summed E-state index contributed by atoms with van der Waals surface area (Å²) >= 11 is 7.66. The molecule has 0 aliphatic rings. The molecule has 0 aliphatic heterocycles. The second-order valence-corrected chi connectivity index (χ2v) is 5.99. The lowest BCUT2D eigenvalue weighted by molar-refractivity contribution is 0.786. The summed E-state index contributed by atoms with van der Waals surface area (Å²) in [5, 5.41) is 3.30. The molecule has 0 radical (unpaired) electrons. The molecule has 2 heterocycles. The zero-order chi connectivity index (χ0) is 15.4. The molecule has 0 aromatic carbocycles. The number of nitrogens with zero attached hydrogens (tertiary/aromatic N) is 6. The van der Waals surface area contributed by atoms with Crippen LogP contribution in [0.5, 0.6) is 0 Å². The van der Waals surface area contributed by atoms with Gasteiger partial charge in [-0.25, -0.2) is 4.98 Å². The van der Waals surface area contributed by atoms with E-state index in [1.807, 2.05) is 29.2 Å². The summed E-state index contributed by atoms with van der Waals surface area (Å²) in [7, 11) is 1.92. The number of hydrogen-bond donors (Lipinski definition) is 0. The molecule has 0 saturated carbocycles. The topological polar surface area (TPSA) is 58.0 Å². The molecule has 0 N–H and O–H groups in total. The second kappa shape index (κ2) is 7.00. The second-order valence-electron chi connectivity index (χ2n) is 4.59. The molecule has 114 valence electrons. The average molecular weight is 327 g/mol. The Kier molecular flexibility index (Phi) is 5.30. The number of aromatic nitrogens is 4. The fraction of sp³-hybridized carbons (Fsp3) is 0.538. The molecule has 0 fully saturated rings. The Bertz CT molecular complexity index is 598. The van der Waals surface area contributed by atoms with Crippen LogP contribution in [0.25, 0.3) is 0 Å². The van der Waals surface area contributed by atoms with Crippen LogP contribution in [0.2, 0.25) is 5.28 Å². The smallest absolute Gasteiger partial charge is 0.231 e. The lowest BCUT2D eigenvalue weighted by Crippen LogP contribution is -2.26. The number of aryl methyl sites for hydroxylation is 1. The van der Waals surface area contributed by atoms with Gasteiger partial charge in [0.25, 0.3) is 0 Å². The van der Waals surface area contributed by atoms with Gasteiger partial charge in [-0.15, -0.1) is 11.3 Å². The van der Waals surface area contributed by atoms with Crippen LogP contribution in [0, 0.1) is 6.92 Å². The summed E-state index contributed by atoms with van der Waals surface area (Å²) in [5.74, 6) is 1.17. The van der Waals surface area contributed by atoms with Crippen LogP contribution in [0.4, 0.5) is 11.9 Å². The molecule has 21 heavy (non-hydrogen) atoms. The molecule has 2 aromatic rings. The first kappa shape index (κ1) is 15.9. The lowest BCUT2D eigenvalue weighted by atomic mass is 10.4. The van der Waals surface area contributed by atoms with Gasteiger partial charge in [-0.2, -0.15) is 15.0 Å². The Morgan fingerprint density at radius 1 is 1.10 bits per heavy atom. The van der Waals surface area contributed by atoms with Gasteiger partial charge in [-0.3, -0.25) is 0 Å². The van der Waals surface area contributed by atoms with Gasteiger partial charge >= 0.3 is 0 Å². The lowest BCUT2D eigenvalue weighted by Gasteiger charge is -2.21. The van der Waals surface area contributed by atoms with E-state index < -0.39 is 0 Å². The van der Waals surface area contributed by atoms with Gasteiger partial charge in [0.15, 0.2) is 0 Å². The molecule has 0 atom stereocenters. The standard InChI is InChI=1S/C13H19ClN6S/c1-5-20(6-2)13-17-11(14)16-12(18-13)19(4)7-10-8-21-9(3)15-10/h8H,5-7H2,1-4H3. The number of halogens is 1. The van der Waals surface area contributed by atoms with Crippen molar-refractivity contribution >= 4 is 34.8 Å². The van der Waals surface area contributed by atoms with Gasteiger partial charge in [-0.05, 0) is 32.4 Å². The average Bonchev–Trinajstić information content (AvgIpc) is 2.85. The maximum absolute atomic E-state index is 6.03. The van der Waals surface area contributed by atoms with Gasteiger partial charge in [0.2, 0.25) is 17.2 Å². The molecule has 0 amide bonds. The van der Waals surface area contributed by atoms with Crippen molar-refractivity contribution in [2.75, 3.05) is 29.9 Å². The summed E-state index contributed by atoms with van der Waals surface area (Å²) in [4.78, 5) is 21.3. The first-order valence-electron chi connectivity index (χ1n) is 6.82. The molecule has 8 heteroatoms. The fourth-order valence-electron chi connectivity index (χ4n) is 1.94. The van der Waals surface area contributed by atoms with Gasteiger partial charge in [0, 0.05) is 25.5 Å². The van der Waals surface area contributed by atoms with Crippen molar-refractivity contribution in [2.24, 2.45) is 0 Å². The number of thiazole rings is 1. The quantitative estimate of drug-likeness (QED) is 0.813. The van der Waals surface area contributed by atoms with Crippen molar-refractivity contribution in [2.45, 2.75) is 27.3 Å². The van der Waals surface area contributed by atoms with Crippen molar-refractivity contribution in [1.82, 2.24) is 19.9 Å². The molecular weight excluding hydrogens is 308 g/mol. The third-order valence-corrected chi connectivity index (χ3v) is 4.03. The van der Waals surface area contributed by atoms with Crippen molar-refractivity contribution in [3.05, 3.63) is 21.4 Å². The fourth-order valence-corrected chi connectivity index (χ4v) is 2.70. The minimum atomic E-state index is 0.211. The molecular formula is C13H19ClN6S. The first-order chi connectivity index (χ1) is 10.0. The summed E-state index contributed by atoms with van der Waals surface area (Å²) < 4.78 is 0. The van der Waals surface area contributed by atoms with E-state index in [2.05, 4.69) is 33.8 Å². The van der Waals surface area contributed by atoms with E-state index in [0.29, 0.717) is 18.4 Å². The van der Waals surface area contributed by atoms with Gasteiger partial charge < -0.3 is 9.80 Å². The summed E-state index contributed by atoms with van der Waals surface area (Å²) in [6.07, 6.45) is 0. The molecule has 0 spiro atoms. The van der Waals surface area contributed by atoms with E-state index in [4.69, 9.17) is 11.6 Å². The SMILES string of the molecule is CCN(CC)c1nc(Cl)nc(N(C)Cc2csc(C)n2)n1. The number of anilines is 2. The summed E-state index contributed by atoms with van der Waals surface area (Å²) in [5.41, 5.74) is 1.00. The summed E-state index contributed by atoms with van der Waals surface area (Å²) in [6, 6.07) is 0. The Balaban J connectivity index is 2.22. The van der Waals surface area contributed by atoms with Crippen LogP contribution >= 0.6 is 22.9 Å². The predicted octanol–water partition coefficient (Wildman–Crippen LogP) is 2.77. The Morgan fingerprint density at radius 3 is 2.33 bits per heavy atom. The zero-order valence-corrected chi connectivity index (χ0v) is 14.2. The highest BCUT2D eigenvalue weighted by molar-refractivity contribution is 7.09. The highest BCUT2D eigenvalue weighted by Crippen LogP contribution is 2.18. The van der Waals surface area contributed by atoms with Crippen molar-refractivity contribution in [1.29, 1.82) is 0 Å². The maximum atomic E-state index is 6.03. The van der Waals surface area contributed by atoms with Gasteiger partial charge in [0.05, 0.1) is 17.2 Å². The molecule has 6 nitrogen and oxygen atoms in total. The van der Waals surface area contributed by atoms with Crippen LogP contribution in [0.3, 0.4) is 0 Å². The normalized spacial score (nSPS) is 10.7.